The van der Waals surface area contributed by atoms with Crippen molar-refractivity contribution in [1.29, 1.82) is 0 Å². The summed E-state index contributed by atoms with van der Waals surface area (Å²) in [6.45, 7) is 3.98. The SMILES string of the molecule is COc1ccc(N2C(=S)N[C@@H](c3ccccn3)[C@@H]2c2cc(C)n(-c3ccccc3C(=O)O)c2C)c(OC)c1. The number of anilines is 1. The molecule has 0 amide bonds. The molecule has 2 atom stereocenters. The molecule has 0 aliphatic carbocycles. The number of carboxylic acids is 1. The van der Waals surface area contributed by atoms with Gasteiger partial charge in [-0.25, -0.2) is 4.79 Å². The van der Waals surface area contributed by atoms with Gasteiger partial charge in [0.25, 0.3) is 0 Å². The van der Waals surface area contributed by atoms with E-state index in [-0.39, 0.29) is 17.6 Å². The summed E-state index contributed by atoms with van der Waals surface area (Å²) in [6.07, 6.45) is 1.76. The van der Waals surface area contributed by atoms with Gasteiger partial charge in [0.05, 0.1) is 48.9 Å². The maximum Gasteiger partial charge on any atom is 0.337 e. The smallest absolute Gasteiger partial charge is 0.337 e. The number of hydrogen-bond donors (Lipinski definition) is 2. The first-order chi connectivity index (χ1) is 18.3. The fourth-order valence-corrected chi connectivity index (χ4v) is 5.56. The standard InChI is InChI=1S/C29H28N4O4S/c1-17-15-21(18(2)32(17)23-11-6-5-9-20(23)28(34)35)27-26(22-10-7-8-14-30-22)31-29(38)33(27)24-13-12-19(36-3)16-25(24)37-4/h5-16,26-27H,1-4H3,(H,31,38)(H,34,35)/t26-,27-/m0/s1. The number of benzene rings is 2. The number of methoxy groups -OCH3 is 2. The summed E-state index contributed by atoms with van der Waals surface area (Å²) >= 11 is 5.89. The number of para-hydroxylation sites is 1. The van der Waals surface area contributed by atoms with Crippen molar-refractivity contribution in [2.75, 3.05) is 19.1 Å². The van der Waals surface area contributed by atoms with Gasteiger partial charge in [-0.2, -0.15) is 0 Å². The summed E-state index contributed by atoms with van der Waals surface area (Å²) in [5.41, 5.74) is 5.27. The molecule has 0 spiro atoms. The number of aromatic carboxylic acids is 1. The van der Waals surface area contributed by atoms with E-state index in [1.165, 1.54) is 0 Å². The number of aromatic nitrogens is 2. The van der Waals surface area contributed by atoms with Gasteiger partial charge >= 0.3 is 5.97 Å². The Kier molecular flexibility index (Phi) is 6.77. The Morgan fingerprint density at radius 1 is 1.00 bits per heavy atom. The fourth-order valence-electron chi connectivity index (χ4n) is 5.22. The minimum atomic E-state index is -0.977. The van der Waals surface area contributed by atoms with Crippen LogP contribution in [0.5, 0.6) is 11.5 Å². The number of ether oxygens (including phenoxy) is 2. The van der Waals surface area contributed by atoms with E-state index in [1.807, 2.05) is 71.8 Å². The number of thiocarbonyl (C=S) groups is 1. The zero-order valence-electron chi connectivity index (χ0n) is 21.5. The van der Waals surface area contributed by atoms with Gasteiger partial charge in [0.2, 0.25) is 0 Å². The molecule has 4 aromatic rings. The summed E-state index contributed by atoms with van der Waals surface area (Å²) < 4.78 is 13.1. The van der Waals surface area contributed by atoms with Crippen LogP contribution in [0.15, 0.2) is 72.9 Å². The van der Waals surface area contributed by atoms with Crippen molar-refractivity contribution in [2.45, 2.75) is 25.9 Å². The van der Waals surface area contributed by atoms with Gasteiger partial charge in [0.15, 0.2) is 5.11 Å². The van der Waals surface area contributed by atoms with Gasteiger partial charge in [-0.1, -0.05) is 18.2 Å². The zero-order valence-corrected chi connectivity index (χ0v) is 22.3. The van der Waals surface area contributed by atoms with Crippen molar-refractivity contribution in [3.05, 3.63) is 101 Å². The number of hydrogen-bond acceptors (Lipinski definition) is 5. The topological polar surface area (TPSA) is 88.9 Å². The molecule has 0 radical (unpaired) electrons. The molecule has 3 heterocycles. The molecule has 0 unspecified atom stereocenters. The minimum absolute atomic E-state index is 0.232. The molecule has 38 heavy (non-hydrogen) atoms. The highest BCUT2D eigenvalue weighted by Crippen LogP contribution is 2.46. The van der Waals surface area contributed by atoms with Crippen molar-refractivity contribution < 1.29 is 19.4 Å². The number of carbonyl (C=O) groups is 1. The summed E-state index contributed by atoms with van der Waals surface area (Å²) in [7, 11) is 3.23. The van der Waals surface area contributed by atoms with Gasteiger partial charge < -0.3 is 29.4 Å². The average molecular weight is 529 g/mol. The fraction of sp³-hybridized carbons (Fsp3) is 0.207. The largest absolute Gasteiger partial charge is 0.497 e. The second-order valence-corrected chi connectivity index (χ2v) is 9.41. The van der Waals surface area contributed by atoms with Crippen LogP contribution in [0.4, 0.5) is 5.69 Å². The minimum Gasteiger partial charge on any atom is -0.497 e. The van der Waals surface area contributed by atoms with E-state index in [2.05, 4.69) is 16.4 Å². The Balaban J connectivity index is 1.72. The first-order valence-electron chi connectivity index (χ1n) is 12.1. The molecule has 2 aromatic carbocycles. The van der Waals surface area contributed by atoms with Gasteiger partial charge in [-0.05, 0) is 74.1 Å². The number of rotatable bonds is 7. The Bertz CT molecular complexity index is 1520. The van der Waals surface area contributed by atoms with Crippen molar-refractivity contribution in [3.8, 4) is 17.2 Å². The third-order valence-electron chi connectivity index (χ3n) is 6.91. The molecule has 2 N–H and O–H groups in total. The van der Waals surface area contributed by atoms with Gasteiger partial charge in [-0.15, -0.1) is 0 Å². The third kappa shape index (κ3) is 4.24. The highest BCUT2D eigenvalue weighted by Gasteiger charge is 2.43. The van der Waals surface area contributed by atoms with E-state index in [0.717, 1.165) is 28.3 Å². The highest BCUT2D eigenvalue weighted by atomic mass is 32.1. The summed E-state index contributed by atoms with van der Waals surface area (Å²) in [4.78, 5) is 18.7. The average Bonchev–Trinajstić information content (AvgIpc) is 3.43. The van der Waals surface area contributed by atoms with Crippen molar-refractivity contribution in [2.24, 2.45) is 0 Å². The van der Waals surface area contributed by atoms with E-state index < -0.39 is 5.97 Å². The van der Waals surface area contributed by atoms with Crippen LogP contribution in [0.1, 0.15) is 45.1 Å². The molecular formula is C29H28N4O4S. The van der Waals surface area contributed by atoms with E-state index in [4.69, 9.17) is 21.7 Å². The first kappa shape index (κ1) is 25.3. The molecule has 2 aromatic heterocycles. The quantitative estimate of drug-likeness (QED) is 0.309. The summed E-state index contributed by atoms with van der Waals surface area (Å²) in [6, 6.07) is 20.0. The van der Waals surface area contributed by atoms with Crippen LogP contribution in [0, 0.1) is 13.8 Å². The Morgan fingerprint density at radius 3 is 2.45 bits per heavy atom. The first-order valence-corrected chi connectivity index (χ1v) is 12.5. The lowest BCUT2D eigenvalue weighted by atomic mass is 9.96. The Morgan fingerprint density at radius 2 is 1.76 bits per heavy atom. The number of nitrogens with zero attached hydrogens (tertiary/aromatic N) is 3. The van der Waals surface area contributed by atoms with Gasteiger partial charge in [0, 0.05) is 23.7 Å². The van der Waals surface area contributed by atoms with E-state index in [0.29, 0.717) is 22.3 Å². The summed E-state index contributed by atoms with van der Waals surface area (Å²) in [5.74, 6) is 0.310. The highest BCUT2D eigenvalue weighted by molar-refractivity contribution is 7.80. The molecule has 0 saturated carbocycles. The monoisotopic (exact) mass is 528 g/mol. The lowest BCUT2D eigenvalue weighted by Gasteiger charge is -2.29. The second kappa shape index (κ2) is 10.2. The van der Waals surface area contributed by atoms with Crippen LogP contribution in [-0.4, -0.2) is 40.0 Å². The number of aryl methyl sites for hydroxylation is 1. The van der Waals surface area contributed by atoms with Crippen LogP contribution in [-0.2, 0) is 0 Å². The maximum atomic E-state index is 12.0. The van der Waals surface area contributed by atoms with Gasteiger partial charge in [0.1, 0.15) is 11.5 Å². The Hall–Kier alpha value is -4.37. The zero-order chi connectivity index (χ0) is 27.0. The molecule has 5 rings (SSSR count). The second-order valence-electron chi connectivity index (χ2n) is 9.02. The normalized spacial score (nSPS) is 16.8. The number of nitrogens with one attached hydrogen (secondary N) is 1. The van der Waals surface area contributed by atoms with Crippen molar-refractivity contribution in [3.63, 3.8) is 0 Å². The van der Waals surface area contributed by atoms with E-state index in [9.17, 15) is 9.90 Å². The maximum absolute atomic E-state index is 12.0. The lowest BCUT2D eigenvalue weighted by molar-refractivity contribution is 0.0697. The van der Waals surface area contributed by atoms with Crippen molar-refractivity contribution in [1.82, 2.24) is 14.9 Å². The molecule has 1 fully saturated rings. The molecule has 0 bridgehead atoms. The van der Waals surface area contributed by atoms with E-state index in [1.54, 1.807) is 32.5 Å². The van der Waals surface area contributed by atoms with Crippen LogP contribution in [0.2, 0.25) is 0 Å². The van der Waals surface area contributed by atoms with Crippen LogP contribution in [0.25, 0.3) is 5.69 Å². The molecule has 194 valence electrons. The van der Waals surface area contributed by atoms with E-state index >= 15 is 0 Å². The molecular weight excluding hydrogens is 500 g/mol. The number of carboxylic acid groups (broad SMARTS) is 1. The molecule has 1 aliphatic heterocycles. The molecule has 1 saturated heterocycles. The predicted molar refractivity (Wildman–Crippen MR) is 150 cm³/mol. The van der Waals surface area contributed by atoms with Crippen molar-refractivity contribution >= 4 is 29.0 Å². The lowest BCUT2D eigenvalue weighted by Crippen LogP contribution is -2.30. The molecule has 9 heteroatoms. The number of pyridine rings is 1. The van der Waals surface area contributed by atoms with Crippen LogP contribution in [0.3, 0.4) is 0 Å². The van der Waals surface area contributed by atoms with Gasteiger partial charge in [-0.3, -0.25) is 4.98 Å². The third-order valence-corrected chi connectivity index (χ3v) is 7.22. The Labute approximate surface area is 226 Å². The van der Waals surface area contributed by atoms with Crippen LogP contribution >= 0.6 is 12.2 Å². The molecule has 8 nitrogen and oxygen atoms in total. The predicted octanol–water partition coefficient (Wildman–Crippen LogP) is 5.38. The van der Waals surface area contributed by atoms with Crippen LogP contribution < -0.4 is 19.7 Å². The summed E-state index contributed by atoms with van der Waals surface area (Å²) in [5, 5.41) is 13.9. The molecule has 1 aliphatic rings.